The molecule has 6 nitrogen and oxygen atoms in total. The molecule has 0 saturated carbocycles. The predicted molar refractivity (Wildman–Crippen MR) is 83.2 cm³/mol. The number of ether oxygens (including phenoxy) is 1. The summed E-state index contributed by atoms with van der Waals surface area (Å²) >= 11 is 0. The smallest absolute Gasteiger partial charge is 0.338 e. The van der Waals surface area contributed by atoms with Crippen LogP contribution in [0.15, 0.2) is 48.8 Å². The highest BCUT2D eigenvalue weighted by atomic mass is 16.5. The number of nitrogens with one attached hydrogen (secondary N) is 1. The zero-order chi connectivity index (χ0) is 15.9. The number of carbonyl (C=O) groups excluding carboxylic acids is 2. The monoisotopic (exact) mass is 299 g/mol. The molecule has 0 bridgehead atoms. The third-order valence-electron chi connectivity index (χ3n) is 2.99. The number of hydrogen-bond donors (Lipinski definition) is 2. The van der Waals surface area contributed by atoms with Crippen molar-refractivity contribution < 1.29 is 14.3 Å². The van der Waals surface area contributed by atoms with E-state index < -0.39 is 12.1 Å². The summed E-state index contributed by atoms with van der Waals surface area (Å²) in [5, 5.41) is 2.66. The highest BCUT2D eigenvalue weighted by Crippen LogP contribution is 2.11. The highest BCUT2D eigenvalue weighted by Gasteiger charge is 2.22. The lowest BCUT2D eigenvalue weighted by atomic mass is 10.2. The number of rotatable bonds is 5. The summed E-state index contributed by atoms with van der Waals surface area (Å²) in [7, 11) is 0. The summed E-state index contributed by atoms with van der Waals surface area (Å²) in [5.41, 5.74) is 7.02. The maximum absolute atomic E-state index is 12.1. The molecule has 0 aliphatic rings. The van der Waals surface area contributed by atoms with E-state index in [1.165, 1.54) is 6.20 Å². The first-order chi connectivity index (χ1) is 10.6. The molecule has 1 heterocycles. The van der Waals surface area contributed by atoms with Gasteiger partial charge in [-0.2, -0.15) is 0 Å². The van der Waals surface area contributed by atoms with Crippen molar-refractivity contribution in [1.82, 2.24) is 4.98 Å². The zero-order valence-corrected chi connectivity index (χ0v) is 12.2. The number of pyridine rings is 1. The molecule has 6 heteroatoms. The average Bonchev–Trinajstić information content (AvgIpc) is 2.53. The topological polar surface area (TPSA) is 94.3 Å². The maximum atomic E-state index is 12.1. The van der Waals surface area contributed by atoms with Gasteiger partial charge in [-0.15, -0.1) is 0 Å². The number of aromatic nitrogens is 1. The Morgan fingerprint density at radius 3 is 2.59 bits per heavy atom. The van der Waals surface area contributed by atoms with Crippen LogP contribution in [0, 0.1) is 0 Å². The summed E-state index contributed by atoms with van der Waals surface area (Å²) < 4.78 is 5.25. The third-order valence-corrected chi connectivity index (χ3v) is 2.99. The van der Waals surface area contributed by atoms with Crippen molar-refractivity contribution in [2.45, 2.75) is 19.4 Å². The minimum Gasteiger partial charge on any atom is -0.449 e. The van der Waals surface area contributed by atoms with Crippen LogP contribution in [0.2, 0.25) is 0 Å². The molecule has 0 aliphatic carbocycles. The number of amides is 1. The number of carbonyl (C=O) groups is 2. The third kappa shape index (κ3) is 4.05. The Morgan fingerprint density at radius 2 is 2.00 bits per heavy atom. The number of anilines is 2. The van der Waals surface area contributed by atoms with E-state index in [0.717, 1.165) is 0 Å². The minimum atomic E-state index is -0.870. The van der Waals surface area contributed by atoms with Crippen molar-refractivity contribution in [2.75, 3.05) is 11.1 Å². The molecule has 0 saturated heterocycles. The lowest BCUT2D eigenvalue weighted by Crippen LogP contribution is -2.32. The summed E-state index contributed by atoms with van der Waals surface area (Å²) in [6, 6.07) is 9.74. The van der Waals surface area contributed by atoms with E-state index in [2.05, 4.69) is 10.3 Å². The van der Waals surface area contributed by atoms with Gasteiger partial charge in [0.2, 0.25) is 0 Å². The fourth-order valence-electron chi connectivity index (χ4n) is 1.80. The Bertz CT molecular complexity index is 641. The highest BCUT2D eigenvalue weighted by molar-refractivity contribution is 5.97. The molecule has 0 spiro atoms. The van der Waals surface area contributed by atoms with Gasteiger partial charge in [0.05, 0.1) is 17.4 Å². The van der Waals surface area contributed by atoms with E-state index in [1.54, 1.807) is 49.5 Å². The van der Waals surface area contributed by atoms with Crippen molar-refractivity contribution in [3.63, 3.8) is 0 Å². The Hall–Kier alpha value is -2.89. The number of nitrogens with zero attached hydrogens (tertiary/aromatic N) is 1. The molecule has 1 aromatic carbocycles. The lowest BCUT2D eigenvalue weighted by molar-refractivity contribution is -0.124. The van der Waals surface area contributed by atoms with Gasteiger partial charge >= 0.3 is 5.97 Å². The molecule has 1 unspecified atom stereocenters. The molecular weight excluding hydrogens is 282 g/mol. The van der Waals surface area contributed by atoms with Gasteiger partial charge < -0.3 is 15.8 Å². The van der Waals surface area contributed by atoms with Gasteiger partial charge in [-0.3, -0.25) is 9.78 Å². The van der Waals surface area contributed by atoms with Crippen molar-refractivity contribution in [3.05, 3.63) is 54.4 Å². The van der Waals surface area contributed by atoms with Gasteiger partial charge in [-0.25, -0.2) is 4.79 Å². The van der Waals surface area contributed by atoms with E-state index in [-0.39, 0.29) is 5.91 Å². The molecule has 2 aromatic rings. The molecule has 114 valence electrons. The van der Waals surface area contributed by atoms with Crippen LogP contribution in [0.25, 0.3) is 0 Å². The molecule has 0 radical (unpaired) electrons. The van der Waals surface area contributed by atoms with Crippen LogP contribution < -0.4 is 11.1 Å². The van der Waals surface area contributed by atoms with Gasteiger partial charge in [0, 0.05) is 11.9 Å². The molecule has 1 amide bonds. The van der Waals surface area contributed by atoms with Crippen LogP contribution in [-0.2, 0) is 9.53 Å². The molecule has 1 atom stereocenters. The van der Waals surface area contributed by atoms with Gasteiger partial charge in [-0.1, -0.05) is 6.92 Å². The number of nitrogens with two attached hydrogens (primary N) is 1. The minimum absolute atomic E-state index is 0.349. The van der Waals surface area contributed by atoms with Crippen molar-refractivity contribution in [3.8, 4) is 0 Å². The van der Waals surface area contributed by atoms with Gasteiger partial charge in [0.15, 0.2) is 6.10 Å². The Kier molecular flexibility index (Phi) is 5.08. The lowest BCUT2D eigenvalue weighted by Gasteiger charge is -2.16. The number of hydrogen-bond acceptors (Lipinski definition) is 5. The largest absolute Gasteiger partial charge is 0.449 e. The Morgan fingerprint density at radius 1 is 1.27 bits per heavy atom. The normalized spacial score (nSPS) is 11.5. The Labute approximate surface area is 128 Å². The fourth-order valence-corrected chi connectivity index (χ4v) is 1.80. The first kappa shape index (κ1) is 15.5. The van der Waals surface area contributed by atoms with Crippen LogP contribution in [-0.4, -0.2) is 23.0 Å². The molecule has 1 aromatic heterocycles. The van der Waals surface area contributed by atoms with Gasteiger partial charge in [-0.05, 0) is 42.8 Å². The second-order valence-electron chi connectivity index (χ2n) is 4.66. The summed E-state index contributed by atoms with van der Waals surface area (Å²) in [6.45, 7) is 1.77. The second kappa shape index (κ2) is 7.21. The summed E-state index contributed by atoms with van der Waals surface area (Å²) in [6.07, 6.45) is 2.62. The second-order valence-corrected chi connectivity index (χ2v) is 4.66. The van der Waals surface area contributed by atoms with Crippen LogP contribution >= 0.6 is 0 Å². The van der Waals surface area contributed by atoms with E-state index in [4.69, 9.17) is 10.5 Å². The SMILES string of the molecule is CCC(OC(=O)c1ccc(N)cc1)C(=O)Nc1cccnc1. The van der Waals surface area contributed by atoms with E-state index in [9.17, 15) is 9.59 Å². The molecule has 0 aliphatic heterocycles. The van der Waals surface area contributed by atoms with E-state index >= 15 is 0 Å². The van der Waals surface area contributed by atoms with Crippen molar-refractivity contribution >= 4 is 23.3 Å². The molecule has 22 heavy (non-hydrogen) atoms. The van der Waals surface area contributed by atoms with E-state index in [1.807, 2.05) is 0 Å². The zero-order valence-electron chi connectivity index (χ0n) is 12.2. The van der Waals surface area contributed by atoms with Crippen LogP contribution in [0.3, 0.4) is 0 Å². The van der Waals surface area contributed by atoms with Gasteiger partial charge in [0.1, 0.15) is 0 Å². The molecule has 2 rings (SSSR count). The average molecular weight is 299 g/mol. The molecule has 0 fully saturated rings. The predicted octanol–water partition coefficient (Wildman–Crippen LogP) is 2.24. The van der Waals surface area contributed by atoms with Crippen LogP contribution in [0.1, 0.15) is 23.7 Å². The fraction of sp³-hybridized carbons (Fsp3) is 0.188. The van der Waals surface area contributed by atoms with Crippen LogP contribution in [0.4, 0.5) is 11.4 Å². The van der Waals surface area contributed by atoms with Crippen molar-refractivity contribution in [2.24, 2.45) is 0 Å². The molecular formula is C16H17N3O3. The number of esters is 1. The summed E-state index contributed by atoms with van der Waals surface area (Å²) in [5.74, 6) is -0.951. The standard InChI is InChI=1S/C16H17N3O3/c1-2-14(15(20)19-13-4-3-9-18-10-13)22-16(21)11-5-7-12(17)8-6-11/h3-10,14H,2,17H2,1H3,(H,19,20). The first-order valence-corrected chi connectivity index (χ1v) is 6.87. The molecule has 3 N–H and O–H groups in total. The van der Waals surface area contributed by atoms with Crippen LogP contribution in [0.5, 0.6) is 0 Å². The number of nitrogen functional groups attached to an aromatic ring is 1. The first-order valence-electron chi connectivity index (χ1n) is 6.87. The van der Waals surface area contributed by atoms with Gasteiger partial charge in [0.25, 0.3) is 5.91 Å². The summed E-state index contributed by atoms with van der Waals surface area (Å²) in [4.78, 5) is 28.1. The quantitative estimate of drug-likeness (QED) is 0.652. The maximum Gasteiger partial charge on any atom is 0.338 e. The van der Waals surface area contributed by atoms with E-state index in [0.29, 0.717) is 23.4 Å². The Balaban J connectivity index is 2.00. The van der Waals surface area contributed by atoms with Crippen molar-refractivity contribution in [1.29, 1.82) is 0 Å². The number of benzene rings is 1.